The summed E-state index contributed by atoms with van der Waals surface area (Å²) in [6.45, 7) is 1.32. The summed E-state index contributed by atoms with van der Waals surface area (Å²) in [5.41, 5.74) is 0. The first-order valence-corrected chi connectivity index (χ1v) is 3.46. The molecule has 0 aliphatic rings. The SMILES string of the molecule is CC(O)COc1nc(F)nc(F)n1. The van der Waals surface area contributed by atoms with Crippen molar-refractivity contribution in [3.63, 3.8) is 0 Å². The van der Waals surface area contributed by atoms with E-state index < -0.39 is 24.3 Å². The monoisotopic (exact) mass is 191 g/mol. The van der Waals surface area contributed by atoms with Crippen LogP contribution in [0.3, 0.4) is 0 Å². The summed E-state index contributed by atoms with van der Waals surface area (Å²) in [4.78, 5) is 8.75. The van der Waals surface area contributed by atoms with E-state index in [4.69, 9.17) is 5.11 Å². The first-order chi connectivity index (χ1) is 6.08. The highest BCUT2D eigenvalue weighted by Crippen LogP contribution is 2.02. The molecule has 7 heteroatoms. The van der Waals surface area contributed by atoms with Gasteiger partial charge in [-0.15, -0.1) is 9.97 Å². The summed E-state index contributed by atoms with van der Waals surface area (Å²) in [6.07, 6.45) is -3.27. The summed E-state index contributed by atoms with van der Waals surface area (Å²) < 4.78 is 29.3. The molecule has 1 N–H and O–H groups in total. The molecule has 0 radical (unpaired) electrons. The van der Waals surface area contributed by atoms with Gasteiger partial charge in [-0.05, 0) is 6.92 Å². The smallest absolute Gasteiger partial charge is 0.324 e. The summed E-state index contributed by atoms with van der Waals surface area (Å²) >= 11 is 0. The van der Waals surface area contributed by atoms with Crippen LogP contribution in [0, 0.1) is 12.2 Å². The van der Waals surface area contributed by atoms with E-state index in [1.165, 1.54) is 6.92 Å². The fourth-order valence-corrected chi connectivity index (χ4v) is 0.569. The Kier molecular flexibility index (Phi) is 3.02. The highest BCUT2D eigenvalue weighted by Gasteiger charge is 2.07. The Labute approximate surface area is 72.4 Å². The zero-order valence-corrected chi connectivity index (χ0v) is 6.74. The Hall–Kier alpha value is -1.37. The van der Waals surface area contributed by atoms with Gasteiger partial charge in [0.1, 0.15) is 6.61 Å². The fourth-order valence-electron chi connectivity index (χ4n) is 0.569. The molecule has 1 rings (SSSR count). The van der Waals surface area contributed by atoms with Crippen LogP contribution in [0.4, 0.5) is 8.78 Å². The van der Waals surface area contributed by atoms with E-state index >= 15 is 0 Å². The van der Waals surface area contributed by atoms with Gasteiger partial charge in [0.25, 0.3) is 0 Å². The molecule has 13 heavy (non-hydrogen) atoms. The Morgan fingerprint density at radius 2 is 1.85 bits per heavy atom. The second kappa shape index (κ2) is 4.04. The third-order valence-electron chi connectivity index (χ3n) is 1.01. The van der Waals surface area contributed by atoms with Crippen LogP contribution in [0.5, 0.6) is 6.01 Å². The molecule has 0 aliphatic carbocycles. The maximum atomic E-state index is 12.3. The molecular weight excluding hydrogens is 184 g/mol. The highest BCUT2D eigenvalue weighted by molar-refractivity contribution is 4.89. The predicted molar refractivity (Wildman–Crippen MR) is 36.9 cm³/mol. The topological polar surface area (TPSA) is 68.1 Å². The Morgan fingerprint density at radius 3 is 2.31 bits per heavy atom. The van der Waals surface area contributed by atoms with Crippen molar-refractivity contribution in [1.82, 2.24) is 15.0 Å². The lowest BCUT2D eigenvalue weighted by molar-refractivity contribution is 0.114. The van der Waals surface area contributed by atoms with Gasteiger partial charge < -0.3 is 9.84 Å². The third kappa shape index (κ3) is 3.24. The van der Waals surface area contributed by atoms with Gasteiger partial charge in [-0.2, -0.15) is 13.8 Å². The van der Waals surface area contributed by atoms with Crippen LogP contribution in [0.25, 0.3) is 0 Å². The number of halogens is 2. The number of hydrogen-bond acceptors (Lipinski definition) is 5. The summed E-state index contributed by atoms with van der Waals surface area (Å²) in [5, 5.41) is 8.77. The lowest BCUT2D eigenvalue weighted by Gasteiger charge is -2.04. The predicted octanol–water partition coefficient (Wildman–Crippen LogP) is -0.0906. The average molecular weight is 191 g/mol. The van der Waals surface area contributed by atoms with Crippen LogP contribution in [-0.4, -0.2) is 32.8 Å². The number of ether oxygens (including phenoxy) is 1. The van der Waals surface area contributed by atoms with Crippen molar-refractivity contribution >= 4 is 0 Å². The van der Waals surface area contributed by atoms with Crippen molar-refractivity contribution in [3.8, 4) is 6.01 Å². The minimum Gasteiger partial charge on any atom is -0.461 e. The number of hydrogen-bond donors (Lipinski definition) is 1. The first kappa shape index (κ1) is 9.72. The zero-order chi connectivity index (χ0) is 9.84. The fraction of sp³-hybridized carbons (Fsp3) is 0.500. The molecule has 0 spiro atoms. The van der Waals surface area contributed by atoms with Crippen molar-refractivity contribution < 1.29 is 18.6 Å². The molecule has 1 unspecified atom stereocenters. The van der Waals surface area contributed by atoms with E-state index in [1.54, 1.807) is 0 Å². The molecule has 1 aromatic rings. The van der Waals surface area contributed by atoms with E-state index in [0.29, 0.717) is 0 Å². The van der Waals surface area contributed by atoms with Crippen LogP contribution in [-0.2, 0) is 0 Å². The molecule has 0 fully saturated rings. The molecule has 1 atom stereocenters. The highest BCUT2D eigenvalue weighted by atomic mass is 19.1. The summed E-state index contributed by atoms with van der Waals surface area (Å²) in [5.74, 6) is 0. The van der Waals surface area contributed by atoms with Crippen molar-refractivity contribution in [2.24, 2.45) is 0 Å². The normalized spacial score (nSPS) is 12.6. The molecule has 1 aromatic heterocycles. The van der Waals surface area contributed by atoms with Crippen molar-refractivity contribution in [2.45, 2.75) is 13.0 Å². The van der Waals surface area contributed by atoms with Crippen LogP contribution in [0.1, 0.15) is 6.92 Å². The van der Waals surface area contributed by atoms with E-state index in [9.17, 15) is 8.78 Å². The van der Waals surface area contributed by atoms with Gasteiger partial charge >= 0.3 is 18.2 Å². The quantitative estimate of drug-likeness (QED) is 0.723. The summed E-state index contributed by atoms with van der Waals surface area (Å²) in [6, 6.07) is -0.481. The van der Waals surface area contributed by atoms with Gasteiger partial charge in [0.05, 0.1) is 6.10 Å². The Bertz CT molecular complexity index is 275. The second-order valence-electron chi connectivity index (χ2n) is 2.32. The molecule has 5 nitrogen and oxygen atoms in total. The zero-order valence-electron chi connectivity index (χ0n) is 6.74. The molecule has 0 aromatic carbocycles. The van der Waals surface area contributed by atoms with Crippen LogP contribution < -0.4 is 4.74 Å². The molecule has 0 aliphatic heterocycles. The molecular formula is C6H7F2N3O2. The number of aromatic nitrogens is 3. The van der Waals surface area contributed by atoms with Gasteiger partial charge in [0.15, 0.2) is 0 Å². The van der Waals surface area contributed by atoms with Crippen LogP contribution in [0.15, 0.2) is 0 Å². The third-order valence-corrected chi connectivity index (χ3v) is 1.01. The number of aliphatic hydroxyl groups excluding tert-OH is 1. The van der Waals surface area contributed by atoms with Crippen LogP contribution >= 0.6 is 0 Å². The molecule has 0 saturated heterocycles. The first-order valence-electron chi connectivity index (χ1n) is 3.46. The maximum absolute atomic E-state index is 12.3. The number of aliphatic hydroxyl groups is 1. The molecule has 0 amide bonds. The standard InChI is InChI=1S/C6H7F2N3O2/c1-3(12)2-13-6-10-4(7)9-5(8)11-6/h3,12H,2H2,1H3. The van der Waals surface area contributed by atoms with Crippen molar-refractivity contribution in [2.75, 3.05) is 6.61 Å². The van der Waals surface area contributed by atoms with Crippen LogP contribution in [0.2, 0.25) is 0 Å². The molecule has 1 heterocycles. The van der Waals surface area contributed by atoms with E-state index in [1.807, 2.05) is 0 Å². The summed E-state index contributed by atoms with van der Waals surface area (Å²) in [7, 11) is 0. The Balaban J connectivity index is 2.66. The van der Waals surface area contributed by atoms with Gasteiger partial charge in [0, 0.05) is 0 Å². The van der Waals surface area contributed by atoms with Crippen molar-refractivity contribution in [1.29, 1.82) is 0 Å². The largest absolute Gasteiger partial charge is 0.461 e. The molecule has 0 saturated carbocycles. The number of nitrogens with zero attached hydrogens (tertiary/aromatic N) is 3. The number of rotatable bonds is 3. The van der Waals surface area contributed by atoms with Crippen molar-refractivity contribution in [3.05, 3.63) is 12.2 Å². The van der Waals surface area contributed by atoms with Gasteiger partial charge in [-0.1, -0.05) is 0 Å². The van der Waals surface area contributed by atoms with Gasteiger partial charge in [0.2, 0.25) is 0 Å². The van der Waals surface area contributed by atoms with Gasteiger partial charge in [-0.25, -0.2) is 0 Å². The lowest BCUT2D eigenvalue weighted by atomic mass is 10.4. The minimum atomic E-state index is -1.26. The Morgan fingerprint density at radius 1 is 1.31 bits per heavy atom. The van der Waals surface area contributed by atoms with Gasteiger partial charge in [-0.3, -0.25) is 0 Å². The second-order valence-corrected chi connectivity index (χ2v) is 2.32. The van der Waals surface area contributed by atoms with E-state index in [-0.39, 0.29) is 6.61 Å². The molecule has 0 bridgehead atoms. The van der Waals surface area contributed by atoms with E-state index in [0.717, 1.165) is 0 Å². The van der Waals surface area contributed by atoms with E-state index in [2.05, 4.69) is 19.7 Å². The molecule has 72 valence electrons. The maximum Gasteiger partial charge on any atom is 0.324 e. The lowest BCUT2D eigenvalue weighted by Crippen LogP contribution is -2.15. The average Bonchev–Trinajstić information content (AvgIpc) is 1.99. The minimum absolute atomic E-state index is 0.136.